The number of hydrogen-bond acceptors (Lipinski definition) is 10. The molecule has 250 valence electrons. The molecule has 2 saturated heterocycles. The Morgan fingerprint density at radius 1 is 0.522 bits per heavy atom. The fourth-order valence-electron chi connectivity index (χ4n) is 6.03. The molecule has 3 aromatic rings. The lowest BCUT2D eigenvalue weighted by Gasteiger charge is -2.49. The molecule has 1 N–H and O–H groups in total. The van der Waals surface area contributed by atoms with Gasteiger partial charge in [-0.25, -0.2) is 0 Å². The molecule has 0 aliphatic carbocycles. The maximum Gasteiger partial charge on any atom is 0.187 e. The van der Waals surface area contributed by atoms with Gasteiger partial charge in [-0.2, -0.15) is 0 Å². The molecule has 0 saturated carbocycles. The quantitative estimate of drug-likeness (QED) is 0.260. The van der Waals surface area contributed by atoms with E-state index in [0.717, 1.165) is 16.7 Å². The normalized spacial score (nSPS) is 31.5. The number of rotatable bonds is 15. The summed E-state index contributed by atoms with van der Waals surface area (Å²) >= 11 is 0. The molecule has 0 aromatic heterocycles. The second-order valence-corrected chi connectivity index (χ2v) is 11.5. The summed E-state index contributed by atoms with van der Waals surface area (Å²) in [4.78, 5) is 0. The molecule has 0 amide bonds. The van der Waals surface area contributed by atoms with Crippen LogP contribution in [0.25, 0.3) is 0 Å². The first-order chi connectivity index (χ1) is 22.6. The second-order valence-electron chi connectivity index (χ2n) is 11.5. The largest absolute Gasteiger partial charge is 0.394 e. The van der Waals surface area contributed by atoms with E-state index >= 15 is 0 Å². The lowest BCUT2D eigenvalue weighted by Crippen LogP contribution is -2.65. The van der Waals surface area contributed by atoms with Gasteiger partial charge in [-0.05, 0) is 23.6 Å². The van der Waals surface area contributed by atoms with Gasteiger partial charge in [0, 0.05) is 21.3 Å². The van der Waals surface area contributed by atoms with Gasteiger partial charge in [-0.1, -0.05) is 91.0 Å². The highest BCUT2D eigenvalue weighted by Crippen LogP contribution is 2.35. The molecule has 10 heteroatoms. The summed E-state index contributed by atoms with van der Waals surface area (Å²) in [6, 6.07) is 29.8. The Morgan fingerprint density at radius 2 is 1.00 bits per heavy atom. The second kappa shape index (κ2) is 17.4. The van der Waals surface area contributed by atoms with Gasteiger partial charge < -0.3 is 47.7 Å². The van der Waals surface area contributed by atoms with Gasteiger partial charge in [-0.15, -0.1) is 0 Å². The highest BCUT2D eigenvalue weighted by molar-refractivity contribution is 5.15. The highest BCUT2D eigenvalue weighted by atomic mass is 16.8. The van der Waals surface area contributed by atoms with Crippen LogP contribution in [0.4, 0.5) is 0 Å². The molecule has 0 unspecified atom stereocenters. The third kappa shape index (κ3) is 8.59. The van der Waals surface area contributed by atoms with Crippen molar-refractivity contribution < 1.29 is 47.7 Å². The van der Waals surface area contributed by atoms with Crippen LogP contribution >= 0.6 is 0 Å². The summed E-state index contributed by atoms with van der Waals surface area (Å²) in [5.41, 5.74) is 3.02. The molecule has 2 heterocycles. The van der Waals surface area contributed by atoms with Crippen molar-refractivity contribution in [2.24, 2.45) is 0 Å². The van der Waals surface area contributed by atoms with E-state index in [0.29, 0.717) is 13.2 Å². The SMILES string of the molecule is CO[C@H]1O[C@H](CO)[C@@H](O[C@H]2O[C@@H](C)[C@@H](OCc3ccccc3)[C@@H](OCc3ccccc3)[C@@H]2OCc2ccccc2)[C@H](OC)[C@H]1OC. The van der Waals surface area contributed by atoms with E-state index < -0.39 is 61.4 Å². The molecule has 0 bridgehead atoms. The van der Waals surface area contributed by atoms with E-state index in [1.165, 1.54) is 7.11 Å². The average molecular weight is 639 g/mol. The van der Waals surface area contributed by atoms with Crippen molar-refractivity contribution in [3.63, 3.8) is 0 Å². The Kier molecular flexibility index (Phi) is 13.1. The summed E-state index contributed by atoms with van der Waals surface area (Å²) in [5.74, 6) is 0. The Hall–Kier alpha value is -2.74. The minimum absolute atomic E-state index is 0.282. The van der Waals surface area contributed by atoms with Crippen LogP contribution in [0.15, 0.2) is 91.0 Å². The fourth-order valence-corrected chi connectivity index (χ4v) is 6.03. The molecule has 0 radical (unpaired) electrons. The van der Waals surface area contributed by atoms with Crippen molar-refractivity contribution in [2.75, 3.05) is 27.9 Å². The van der Waals surface area contributed by atoms with E-state index in [1.807, 2.05) is 97.9 Å². The summed E-state index contributed by atoms with van der Waals surface area (Å²) in [6.45, 7) is 2.57. The predicted molar refractivity (Wildman–Crippen MR) is 169 cm³/mol. The van der Waals surface area contributed by atoms with Crippen LogP contribution in [0.5, 0.6) is 0 Å². The standard InChI is InChI=1S/C36H46O10/c1-24-29(41-21-25-14-8-5-9-15-25)32(42-22-26-16-10-6-11-17-26)34(43-23-27-18-12-7-13-19-27)36(44-24)46-30-28(20-37)45-35(40-4)33(39-3)31(30)38-2/h5-19,24,28-37H,20-23H2,1-4H3/t24-,28+,29+,30+,31-,32+,33+,34-,35-,36+/m0/s1. The van der Waals surface area contributed by atoms with Crippen LogP contribution in [0.3, 0.4) is 0 Å². The number of methoxy groups -OCH3 is 3. The molecule has 2 aliphatic rings. The fraction of sp³-hybridized carbons (Fsp3) is 0.500. The number of hydrogen-bond donors (Lipinski definition) is 1. The third-order valence-corrected chi connectivity index (χ3v) is 8.42. The molecule has 5 rings (SSSR count). The molecule has 0 spiro atoms. The summed E-state index contributed by atoms with van der Waals surface area (Å²) in [6.07, 6.45) is -6.83. The van der Waals surface area contributed by atoms with Crippen LogP contribution in [-0.4, -0.2) is 94.5 Å². The van der Waals surface area contributed by atoms with Crippen LogP contribution in [-0.2, 0) is 62.5 Å². The number of aliphatic hydroxyl groups excluding tert-OH is 1. The van der Waals surface area contributed by atoms with E-state index in [4.69, 9.17) is 42.6 Å². The maximum absolute atomic E-state index is 10.4. The van der Waals surface area contributed by atoms with Crippen LogP contribution in [0, 0.1) is 0 Å². The molecule has 2 aliphatic heterocycles. The van der Waals surface area contributed by atoms with Crippen molar-refractivity contribution in [3.8, 4) is 0 Å². The minimum atomic E-state index is -0.937. The van der Waals surface area contributed by atoms with Gasteiger partial charge in [0.1, 0.15) is 42.7 Å². The molecule has 46 heavy (non-hydrogen) atoms. The summed E-state index contributed by atoms with van der Waals surface area (Å²) in [7, 11) is 4.63. The zero-order valence-corrected chi connectivity index (χ0v) is 26.9. The van der Waals surface area contributed by atoms with Gasteiger partial charge in [0.2, 0.25) is 0 Å². The van der Waals surface area contributed by atoms with Gasteiger partial charge in [-0.3, -0.25) is 0 Å². The predicted octanol–water partition coefficient (Wildman–Crippen LogP) is 4.27. The molecular formula is C36H46O10. The molecule has 10 nitrogen and oxygen atoms in total. The van der Waals surface area contributed by atoms with Crippen molar-refractivity contribution >= 4 is 0 Å². The molecule has 3 aromatic carbocycles. The zero-order chi connectivity index (χ0) is 32.3. The first-order valence-corrected chi connectivity index (χ1v) is 15.7. The zero-order valence-electron chi connectivity index (χ0n) is 26.9. The Bertz CT molecular complexity index is 1270. The minimum Gasteiger partial charge on any atom is -0.394 e. The van der Waals surface area contributed by atoms with E-state index in [1.54, 1.807) is 14.2 Å². The number of benzene rings is 3. The average Bonchev–Trinajstić information content (AvgIpc) is 3.10. The Labute approximate surface area is 271 Å². The number of ether oxygens (including phenoxy) is 9. The van der Waals surface area contributed by atoms with Gasteiger partial charge in [0.15, 0.2) is 12.6 Å². The molecule has 10 atom stereocenters. The van der Waals surface area contributed by atoms with Crippen molar-refractivity contribution in [2.45, 2.75) is 88.2 Å². The van der Waals surface area contributed by atoms with Crippen molar-refractivity contribution in [1.82, 2.24) is 0 Å². The smallest absolute Gasteiger partial charge is 0.187 e. The highest BCUT2D eigenvalue weighted by Gasteiger charge is 2.53. The Balaban J connectivity index is 1.46. The Morgan fingerprint density at radius 3 is 1.46 bits per heavy atom. The summed E-state index contributed by atoms with van der Waals surface area (Å²) in [5, 5.41) is 10.4. The van der Waals surface area contributed by atoms with Crippen LogP contribution in [0.1, 0.15) is 23.6 Å². The van der Waals surface area contributed by atoms with Crippen LogP contribution in [0.2, 0.25) is 0 Å². The van der Waals surface area contributed by atoms with E-state index in [-0.39, 0.29) is 13.2 Å². The van der Waals surface area contributed by atoms with Gasteiger partial charge in [0.05, 0.1) is 32.5 Å². The van der Waals surface area contributed by atoms with Gasteiger partial charge in [0.25, 0.3) is 0 Å². The van der Waals surface area contributed by atoms with Crippen LogP contribution < -0.4 is 0 Å². The lowest BCUT2D eigenvalue weighted by molar-refractivity contribution is -0.367. The molecule has 2 fully saturated rings. The van der Waals surface area contributed by atoms with Crippen molar-refractivity contribution in [1.29, 1.82) is 0 Å². The lowest BCUT2D eigenvalue weighted by atomic mass is 9.96. The first-order valence-electron chi connectivity index (χ1n) is 15.7. The first kappa shape index (κ1) is 34.6. The van der Waals surface area contributed by atoms with Gasteiger partial charge >= 0.3 is 0 Å². The monoisotopic (exact) mass is 638 g/mol. The topological polar surface area (TPSA) is 103 Å². The van der Waals surface area contributed by atoms with Crippen molar-refractivity contribution in [3.05, 3.63) is 108 Å². The third-order valence-electron chi connectivity index (χ3n) is 8.42. The van der Waals surface area contributed by atoms with E-state index in [2.05, 4.69) is 0 Å². The van der Waals surface area contributed by atoms with E-state index in [9.17, 15) is 5.11 Å². The summed E-state index contributed by atoms with van der Waals surface area (Å²) < 4.78 is 56.3. The maximum atomic E-state index is 10.4. The molecular weight excluding hydrogens is 592 g/mol. The number of aliphatic hydroxyl groups is 1.